The van der Waals surface area contributed by atoms with Crippen LogP contribution in [0.3, 0.4) is 0 Å². The molecule has 0 spiro atoms. The van der Waals surface area contributed by atoms with Crippen molar-refractivity contribution in [1.29, 1.82) is 0 Å². The quantitative estimate of drug-likeness (QED) is 0.160. The topological polar surface area (TPSA) is 58.9 Å². The van der Waals surface area contributed by atoms with Gasteiger partial charge in [-0.05, 0) is 112 Å². The largest absolute Gasteiger partial charge is 0.507 e. The van der Waals surface area contributed by atoms with Crippen LogP contribution < -0.4 is 9.47 Å². The second-order valence-electron chi connectivity index (χ2n) is 22.5. The Morgan fingerprint density at radius 2 is 0.621 bits per heavy atom. The van der Waals surface area contributed by atoms with Crippen LogP contribution in [0.5, 0.6) is 23.0 Å². The Bertz CT molecular complexity index is 2440. The highest BCUT2D eigenvalue weighted by molar-refractivity contribution is 5.60. The number of hydrogen-bond acceptors (Lipinski definition) is 4. The Morgan fingerprint density at radius 1 is 0.379 bits per heavy atom. The lowest BCUT2D eigenvalue weighted by Gasteiger charge is -2.28. The minimum atomic E-state index is -0.191. The molecule has 344 valence electrons. The van der Waals surface area contributed by atoms with Crippen molar-refractivity contribution in [2.45, 2.75) is 130 Å². The fourth-order valence-electron chi connectivity index (χ4n) is 8.78. The van der Waals surface area contributed by atoms with E-state index in [4.69, 9.17) is 9.47 Å². The van der Waals surface area contributed by atoms with Gasteiger partial charge in [0, 0.05) is 25.7 Å². The first-order valence-electron chi connectivity index (χ1n) is 23.8. The molecule has 0 amide bonds. The molecule has 8 bridgehead atoms. The predicted molar refractivity (Wildman–Crippen MR) is 277 cm³/mol. The fourth-order valence-corrected chi connectivity index (χ4v) is 8.78. The Balaban J connectivity index is 1.50. The molecule has 0 radical (unpaired) electrons. The van der Waals surface area contributed by atoms with Gasteiger partial charge in [-0.2, -0.15) is 0 Å². The van der Waals surface area contributed by atoms with Crippen molar-refractivity contribution in [1.82, 2.24) is 0 Å². The molecule has 1 aliphatic rings. The van der Waals surface area contributed by atoms with E-state index in [1.807, 2.05) is 36.4 Å². The molecule has 0 aliphatic heterocycles. The predicted octanol–water partition coefficient (Wildman–Crippen LogP) is 15.1. The standard InChI is InChI=1S/C62H72O4/c1-59(2,3)51-33-43-29-47-37-53(61(7,8)9)39-49(57(47)65-27-19-25-41-21-15-13-16-22-41)31-45-35-52(60(4,5)6)36-46(56(45)64)32-50-40-54(62(10,11)12)38-48(30-44(34-51)55(43)63)58(50)66-28-20-26-42-23-17-14-18-24-42/h13-26,33-40,63-64H,27-32H2,1-12H3/b25-19+,26-20+. The highest BCUT2D eigenvalue weighted by Crippen LogP contribution is 2.44. The maximum atomic E-state index is 12.6. The molecule has 0 atom stereocenters. The normalized spacial score (nSPS) is 13.6. The molecule has 6 aromatic carbocycles. The van der Waals surface area contributed by atoms with Gasteiger partial charge in [0.1, 0.15) is 36.2 Å². The Morgan fingerprint density at radius 3 is 0.864 bits per heavy atom. The highest BCUT2D eigenvalue weighted by Gasteiger charge is 2.28. The summed E-state index contributed by atoms with van der Waals surface area (Å²) in [6, 6.07) is 38.4. The molecule has 7 rings (SSSR count). The van der Waals surface area contributed by atoms with E-state index in [0.717, 1.165) is 78.3 Å². The first-order chi connectivity index (χ1) is 31.0. The molecule has 66 heavy (non-hydrogen) atoms. The van der Waals surface area contributed by atoms with Gasteiger partial charge in [0.05, 0.1) is 0 Å². The molecule has 4 nitrogen and oxygen atoms in total. The fraction of sp³-hybridized carbons (Fsp3) is 0.355. The molecule has 0 fully saturated rings. The monoisotopic (exact) mass is 881 g/mol. The average Bonchev–Trinajstić information content (AvgIpc) is 3.23. The molecule has 2 N–H and O–H groups in total. The summed E-state index contributed by atoms with van der Waals surface area (Å²) in [6.07, 6.45) is 10.1. The summed E-state index contributed by atoms with van der Waals surface area (Å²) in [5.74, 6) is 2.17. The van der Waals surface area contributed by atoms with Crippen molar-refractivity contribution in [3.63, 3.8) is 0 Å². The van der Waals surface area contributed by atoms with Crippen LogP contribution in [0, 0.1) is 0 Å². The SMILES string of the molecule is CC(C)(C)c1cc2c(O)c(c1)Cc1cc(C(C)(C)C)cc(c1OC/C=C/c1ccccc1)Cc1cc(C(C)(C)C)cc(c1O)Cc1cc(C(C)(C)C)cc(c1OC/C=C/c1ccccc1)C2. The van der Waals surface area contributed by atoms with Gasteiger partial charge in [0.25, 0.3) is 0 Å². The molecule has 0 saturated carbocycles. The van der Waals surface area contributed by atoms with E-state index in [2.05, 4.69) is 180 Å². The second-order valence-corrected chi connectivity index (χ2v) is 22.5. The Hall–Kier alpha value is -6.00. The van der Waals surface area contributed by atoms with Gasteiger partial charge in [-0.3, -0.25) is 0 Å². The lowest BCUT2D eigenvalue weighted by atomic mass is 9.79. The summed E-state index contributed by atoms with van der Waals surface area (Å²) in [5.41, 5.74) is 13.5. The second kappa shape index (κ2) is 19.1. The third-order valence-corrected chi connectivity index (χ3v) is 12.9. The number of benzene rings is 6. The zero-order chi connectivity index (χ0) is 47.6. The molecule has 0 unspecified atom stereocenters. The molecule has 0 saturated heterocycles. The summed E-state index contributed by atoms with van der Waals surface area (Å²) < 4.78 is 13.8. The summed E-state index contributed by atoms with van der Waals surface area (Å²) >= 11 is 0. The van der Waals surface area contributed by atoms with Crippen LogP contribution in [0.4, 0.5) is 0 Å². The van der Waals surface area contributed by atoms with E-state index < -0.39 is 0 Å². The van der Waals surface area contributed by atoms with Crippen LogP contribution in [-0.4, -0.2) is 23.4 Å². The molecule has 0 aromatic heterocycles. The van der Waals surface area contributed by atoms with Crippen molar-refractivity contribution < 1.29 is 19.7 Å². The first kappa shape index (κ1) is 47.9. The van der Waals surface area contributed by atoms with Gasteiger partial charge in [-0.25, -0.2) is 0 Å². The number of ether oxygens (including phenoxy) is 2. The molecule has 0 heterocycles. The number of phenols is 2. The number of rotatable bonds is 8. The summed E-state index contributed by atoms with van der Waals surface area (Å²) in [4.78, 5) is 0. The number of aromatic hydroxyl groups is 2. The third kappa shape index (κ3) is 11.5. The van der Waals surface area contributed by atoms with Gasteiger partial charge in [-0.15, -0.1) is 0 Å². The maximum absolute atomic E-state index is 12.6. The van der Waals surface area contributed by atoms with E-state index in [1.165, 1.54) is 11.1 Å². The van der Waals surface area contributed by atoms with Crippen LogP contribution >= 0.6 is 0 Å². The average molecular weight is 881 g/mol. The highest BCUT2D eigenvalue weighted by atomic mass is 16.5. The van der Waals surface area contributed by atoms with E-state index in [0.29, 0.717) is 50.4 Å². The van der Waals surface area contributed by atoms with Crippen LogP contribution in [0.15, 0.2) is 121 Å². The van der Waals surface area contributed by atoms with Crippen molar-refractivity contribution in [3.05, 3.63) is 199 Å². The van der Waals surface area contributed by atoms with E-state index in [-0.39, 0.29) is 21.7 Å². The molecule has 1 aliphatic carbocycles. The minimum absolute atomic E-state index is 0.183. The number of hydrogen-bond donors (Lipinski definition) is 2. The van der Waals surface area contributed by atoms with Crippen molar-refractivity contribution in [2.24, 2.45) is 0 Å². The lowest BCUT2D eigenvalue weighted by Crippen LogP contribution is -2.16. The van der Waals surface area contributed by atoms with Gasteiger partial charge in [-0.1, -0.05) is 204 Å². The molecular formula is C62H72O4. The van der Waals surface area contributed by atoms with E-state index in [1.54, 1.807) is 0 Å². The van der Waals surface area contributed by atoms with Crippen molar-refractivity contribution >= 4 is 12.2 Å². The maximum Gasteiger partial charge on any atom is 0.126 e. The van der Waals surface area contributed by atoms with Crippen LogP contribution in [0.25, 0.3) is 12.2 Å². The number of fused-ring (bicyclic) bond motifs is 8. The van der Waals surface area contributed by atoms with Gasteiger partial charge >= 0.3 is 0 Å². The number of phenolic OH excluding ortho intramolecular Hbond substituents is 2. The summed E-state index contributed by atoms with van der Waals surface area (Å²) in [5, 5.41) is 25.3. The van der Waals surface area contributed by atoms with Crippen molar-refractivity contribution in [2.75, 3.05) is 13.2 Å². The van der Waals surface area contributed by atoms with Crippen LogP contribution in [-0.2, 0) is 47.3 Å². The van der Waals surface area contributed by atoms with Gasteiger partial charge in [0.2, 0.25) is 0 Å². The zero-order valence-electron chi connectivity index (χ0n) is 41.7. The van der Waals surface area contributed by atoms with Crippen molar-refractivity contribution in [3.8, 4) is 23.0 Å². The smallest absolute Gasteiger partial charge is 0.126 e. The van der Waals surface area contributed by atoms with Crippen LogP contribution in [0.1, 0.15) is 161 Å². The van der Waals surface area contributed by atoms with E-state index in [9.17, 15) is 10.2 Å². The first-order valence-corrected chi connectivity index (χ1v) is 23.8. The Kier molecular flexibility index (Phi) is 13.9. The van der Waals surface area contributed by atoms with Crippen LogP contribution in [0.2, 0.25) is 0 Å². The van der Waals surface area contributed by atoms with E-state index >= 15 is 0 Å². The third-order valence-electron chi connectivity index (χ3n) is 12.9. The molecular weight excluding hydrogens is 809 g/mol. The summed E-state index contributed by atoms with van der Waals surface area (Å²) in [7, 11) is 0. The zero-order valence-corrected chi connectivity index (χ0v) is 41.7. The Labute approximate surface area is 396 Å². The summed E-state index contributed by atoms with van der Waals surface area (Å²) in [6.45, 7) is 27.6. The minimum Gasteiger partial charge on any atom is -0.507 e. The lowest BCUT2D eigenvalue weighted by molar-refractivity contribution is 0.355. The molecule has 4 heteroatoms. The molecule has 6 aromatic rings. The van der Waals surface area contributed by atoms with Gasteiger partial charge < -0.3 is 19.7 Å². The van der Waals surface area contributed by atoms with Gasteiger partial charge in [0.15, 0.2) is 0 Å².